The highest BCUT2D eigenvalue weighted by molar-refractivity contribution is 6.59. The van der Waals surface area contributed by atoms with Crippen LogP contribution in [0.5, 0.6) is 0 Å². The zero-order chi connectivity index (χ0) is 26.1. The number of halogens is 2. The maximum Gasteiger partial charge on any atom is 0.300 e. The fraction of sp³-hybridized carbons (Fsp3) is 0.222. The minimum absolute atomic E-state index is 0.245. The summed E-state index contributed by atoms with van der Waals surface area (Å²) in [6, 6.07) is 3.78. The van der Waals surface area contributed by atoms with Gasteiger partial charge in [-0.1, -0.05) is 23.2 Å². The van der Waals surface area contributed by atoms with Gasteiger partial charge in [0.1, 0.15) is 4.49 Å². The van der Waals surface area contributed by atoms with Gasteiger partial charge in [0.25, 0.3) is 22.7 Å². The van der Waals surface area contributed by atoms with E-state index in [1.165, 1.54) is 38.0 Å². The lowest BCUT2D eigenvalue weighted by atomic mass is 9.96. The molecule has 0 aliphatic heterocycles. The van der Waals surface area contributed by atoms with Gasteiger partial charge in [-0.2, -0.15) is 0 Å². The number of rotatable bonds is 8. The molecule has 14 nitrogen and oxygen atoms in total. The second-order valence-electron chi connectivity index (χ2n) is 7.18. The third-order valence-corrected chi connectivity index (χ3v) is 4.96. The average molecular weight is 515 g/mol. The summed E-state index contributed by atoms with van der Waals surface area (Å²) in [5.74, 6) is 0. The number of anilines is 2. The number of hydrogen-bond acceptors (Lipinski definition) is 10. The molecule has 0 unspecified atom stereocenters. The molecule has 0 aliphatic carbocycles. The Kier molecular flexibility index (Phi) is 7.59. The summed E-state index contributed by atoms with van der Waals surface area (Å²) >= 11 is 12.0. The molecule has 0 spiro atoms. The summed E-state index contributed by atoms with van der Waals surface area (Å²) in [4.78, 5) is 45.6. The predicted molar refractivity (Wildman–Crippen MR) is 126 cm³/mol. The van der Waals surface area contributed by atoms with Crippen LogP contribution in [-0.4, -0.2) is 47.9 Å². The van der Waals surface area contributed by atoms with Crippen molar-refractivity contribution in [3.05, 3.63) is 80.3 Å². The SMILES string of the molecule is CN(C)c1c([N+](=O)[O-])cc(C(=C(Cl)Cl)c2cc([N+](=O)[O-])c(N(C)C)c([N+](=O)[O-])c2)cc1[N+](=O)[O-]. The third-order valence-electron chi connectivity index (χ3n) is 4.59. The van der Waals surface area contributed by atoms with Gasteiger partial charge < -0.3 is 9.80 Å². The van der Waals surface area contributed by atoms with Crippen LogP contribution in [0.15, 0.2) is 28.8 Å². The minimum atomic E-state index is -0.856. The molecule has 16 heteroatoms. The van der Waals surface area contributed by atoms with E-state index in [2.05, 4.69) is 0 Å². The topological polar surface area (TPSA) is 179 Å². The van der Waals surface area contributed by atoms with Gasteiger partial charge in [0.05, 0.1) is 19.7 Å². The summed E-state index contributed by atoms with van der Waals surface area (Å²) in [6.07, 6.45) is 0. The Morgan fingerprint density at radius 2 is 0.853 bits per heavy atom. The summed E-state index contributed by atoms with van der Waals surface area (Å²) in [5, 5.41) is 46.7. The number of benzene rings is 2. The summed E-state index contributed by atoms with van der Waals surface area (Å²) in [5.41, 5.74) is -4.12. The highest BCUT2D eigenvalue weighted by Gasteiger charge is 2.33. The van der Waals surface area contributed by atoms with E-state index in [0.29, 0.717) is 0 Å². The van der Waals surface area contributed by atoms with Gasteiger partial charge in [-0.25, -0.2) is 0 Å². The molecule has 2 rings (SSSR count). The standard InChI is InChI=1S/C18H16Cl2N6O8/c1-21(2)16-11(23(27)28)5-9(6-12(16)24(29)30)15(18(19)20)10-7-13(25(31)32)17(22(3)4)14(8-10)26(33)34/h5-8H,1-4H3. The monoisotopic (exact) mass is 514 g/mol. The second kappa shape index (κ2) is 9.84. The molecule has 0 saturated carbocycles. The van der Waals surface area contributed by atoms with E-state index in [-0.39, 0.29) is 28.1 Å². The van der Waals surface area contributed by atoms with E-state index in [0.717, 1.165) is 24.3 Å². The fourth-order valence-electron chi connectivity index (χ4n) is 3.36. The summed E-state index contributed by atoms with van der Waals surface area (Å²) in [7, 11) is 5.47. The van der Waals surface area contributed by atoms with Crippen LogP contribution in [0.3, 0.4) is 0 Å². The largest absolute Gasteiger partial charge is 0.366 e. The Morgan fingerprint density at radius 1 is 0.618 bits per heavy atom. The molecule has 2 aromatic rings. The molecular formula is C18H16Cl2N6O8. The molecule has 0 aliphatic rings. The van der Waals surface area contributed by atoms with E-state index in [9.17, 15) is 40.5 Å². The molecule has 2 aromatic carbocycles. The Bertz CT molecular complexity index is 1100. The maximum atomic E-state index is 11.7. The molecule has 0 radical (unpaired) electrons. The minimum Gasteiger partial charge on any atom is -0.366 e. The summed E-state index contributed by atoms with van der Waals surface area (Å²) in [6.45, 7) is 0. The van der Waals surface area contributed by atoms with Crippen molar-refractivity contribution >= 4 is 62.9 Å². The molecule has 0 aromatic heterocycles. The van der Waals surface area contributed by atoms with Crippen molar-refractivity contribution in [3.63, 3.8) is 0 Å². The quantitative estimate of drug-likeness (QED) is 0.355. The van der Waals surface area contributed by atoms with Gasteiger partial charge in [-0.15, -0.1) is 0 Å². The van der Waals surface area contributed by atoms with Crippen molar-refractivity contribution in [1.82, 2.24) is 0 Å². The van der Waals surface area contributed by atoms with Gasteiger partial charge in [0.15, 0.2) is 11.4 Å². The van der Waals surface area contributed by atoms with Crippen LogP contribution in [0.1, 0.15) is 11.1 Å². The van der Waals surface area contributed by atoms with E-state index in [4.69, 9.17) is 23.2 Å². The lowest BCUT2D eigenvalue weighted by Gasteiger charge is -2.17. The van der Waals surface area contributed by atoms with E-state index < -0.39 is 46.9 Å². The molecule has 0 saturated heterocycles. The zero-order valence-corrected chi connectivity index (χ0v) is 19.5. The normalized spacial score (nSPS) is 10.4. The van der Waals surface area contributed by atoms with E-state index in [1.54, 1.807) is 0 Å². The van der Waals surface area contributed by atoms with Crippen LogP contribution in [0, 0.1) is 40.5 Å². The van der Waals surface area contributed by atoms with Crippen molar-refractivity contribution in [2.75, 3.05) is 38.0 Å². The number of nitro benzene ring substituents is 4. The number of nitro groups is 4. The first-order chi connectivity index (χ1) is 15.7. The number of nitrogens with zero attached hydrogens (tertiary/aromatic N) is 6. The van der Waals surface area contributed by atoms with Gasteiger partial charge in [0, 0.05) is 58.0 Å². The van der Waals surface area contributed by atoms with Crippen molar-refractivity contribution in [1.29, 1.82) is 0 Å². The first-order valence-corrected chi connectivity index (χ1v) is 9.78. The molecule has 0 bridgehead atoms. The summed E-state index contributed by atoms with van der Waals surface area (Å²) < 4.78 is -0.581. The van der Waals surface area contributed by atoms with E-state index in [1.807, 2.05) is 0 Å². The van der Waals surface area contributed by atoms with Crippen LogP contribution in [-0.2, 0) is 0 Å². The number of hydrogen-bond donors (Lipinski definition) is 0. The molecule has 0 heterocycles. The average Bonchev–Trinajstić information content (AvgIpc) is 2.71. The predicted octanol–water partition coefficient (Wildman–Crippen LogP) is 4.65. The van der Waals surface area contributed by atoms with Gasteiger partial charge in [-0.3, -0.25) is 40.5 Å². The lowest BCUT2D eigenvalue weighted by Crippen LogP contribution is -2.14. The molecular weight excluding hydrogens is 499 g/mol. The van der Waals surface area contributed by atoms with Gasteiger partial charge >= 0.3 is 0 Å². The fourth-order valence-corrected chi connectivity index (χ4v) is 3.79. The maximum absolute atomic E-state index is 11.7. The van der Waals surface area contributed by atoms with E-state index >= 15 is 0 Å². The molecule has 0 N–H and O–H groups in total. The molecule has 0 fully saturated rings. The van der Waals surface area contributed by atoms with Crippen molar-refractivity contribution < 1.29 is 19.7 Å². The van der Waals surface area contributed by atoms with Crippen molar-refractivity contribution in [3.8, 4) is 0 Å². The molecule has 180 valence electrons. The highest BCUT2D eigenvalue weighted by atomic mass is 35.5. The Morgan fingerprint density at radius 3 is 1.00 bits per heavy atom. The lowest BCUT2D eigenvalue weighted by molar-refractivity contribution is -0.392. The Balaban J connectivity index is 3.03. The highest BCUT2D eigenvalue weighted by Crippen LogP contribution is 2.45. The van der Waals surface area contributed by atoms with Crippen LogP contribution >= 0.6 is 23.2 Å². The zero-order valence-electron chi connectivity index (χ0n) is 18.0. The van der Waals surface area contributed by atoms with Gasteiger partial charge in [-0.05, 0) is 11.1 Å². The first kappa shape index (κ1) is 26.2. The van der Waals surface area contributed by atoms with Gasteiger partial charge in [0.2, 0.25) is 0 Å². The van der Waals surface area contributed by atoms with Crippen LogP contribution in [0.4, 0.5) is 34.1 Å². The Hall–Kier alpha value is -4.04. The second-order valence-corrected chi connectivity index (χ2v) is 8.13. The molecule has 0 amide bonds. The smallest absolute Gasteiger partial charge is 0.300 e. The first-order valence-electron chi connectivity index (χ1n) is 9.03. The van der Waals surface area contributed by atoms with Crippen LogP contribution in [0.2, 0.25) is 0 Å². The molecule has 34 heavy (non-hydrogen) atoms. The van der Waals surface area contributed by atoms with Crippen molar-refractivity contribution in [2.45, 2.75) is 0 Å². The Labute approximate surface area is 201 Å². The third kappa shape index (κ3) is 4.97. The van der Waals surface area contributed by atoms with Crippen LogP contribution in [0.25, 0.3) is 5.57 Å². The molecule has 0 atom stereocenters. The van der Waals surface area contributed by atoms with Crippen molar-refractivity contribution in [2.24, 2.45) is 0 Å². The van der Waals surface area contributed by atoms with Crippen LogP contribution < -0.4 is 9.80 Å².